The lowest BCUT2D eigenvalue weighted by atomic mass is 10.1. The Labute approximate surface area is 126 Å². The van der Waals surface area contributed by atoms with Crippen molar-refractivity contribution in [1.82, 2.24) is 15.1 Å². The van der Waals surface area contributed by atoms with Crippen molar-refractivity contribution in [3.8, 4) is 0 Å². The number of rotatable bonds is 5. The summed E-state index contributed by atoms with van der Waals surface area (Å²) >= 11 is 9.75. The van der Waals surface area contributed by atoms with Crippen LogP contribution in [-0.4, -0.2) is 16.3 Å². The number of halogens is 2. The van der Waals surface area contributed by atoms with E-state index in [9.17, 15) is 0 Å². The van der Waals surface area contributed by atoms with Gasteiger partial charge in [-0.3, -0.25) is 4.68 Å². The number of nitrogens with one attached hydrogen (secondary N) is 1. The van der Waals surface area contributed by atoms with Crippen LogP contribution in [0.25, 0.3) is 0 Å². The topological polar surface area (TPSA) is 43.0 Å². The van der Waals surface area contributed by atoms with E-state index in [1.807, 2.05) is 10.7 Å². The summed E-state index contributed by atoms with van der Waals surface area (Å²) < 4.78 is 7.99. The van der Waals surface area contributed by atoms with Crippen molar-refractivity contribution in [3.05, 3.63) is 39.5 Å². The minimum atomic E-state index is -0.0458. The molecule has 4 nitrogen and oxygen atoms in total. The molecule has 0 saturated carbocycles. The quantitative estimate of drug-likeness (QED) is 0.883. The van der Waals surface area contributed by atoms with Crippen LogP contribution in [0, 0.1) is 0 Å². The van der Waals surface area contributed by atoms with E-state index in [1.54, 1.807) is 12.5 Å². The van der Waals surface area contributed by atoms with E-state index >= 15 is 0 Å². The van der Waals surface area contributed by atoms with E-state index < -0.39 is 0 Å². The van der Waals surface area contributed by atoms with Crippen LogP contribution in [0.15, 0.2) is 27.6 Å². The molecule has 2 heterocycles. The molecule has 19 heavy (non-hydrogen) atoms. The van der Waals surface area contributed by atoms with Gasteiger partial charge in [0.1, 0.15) is 0 Å². The third-order valence-corrected chi connectivity index (χ3v) is 3.85. The number of aromatic nitrogens is 2. The number of hydrogen-bond acceptors (Lipinski definition) is 3. The van der Waals surface area contributed by atoms with Crippen molar-refractivity contribution in [2.45, 2.75) is 32.9 Å². The van der Waals surface area contributed by atoms with E-state index in [0.29, 0.717) is 9.69 Å². The second kappa shape index (κ2) is 6.11. The Hall–Kier alpha value is -0.780. The van der Waals surface area contributed by atoms with Gasteiger partial charge >= 0.3 is 0 Å². The molecule has 0 aliphatic heterocycles. The molecule has 1 unspecified atom stereocenters. The summed E-state index contributed by atoms with van der Waals surface area (Å²) in [5.41, 5.74) is 1.98. The minimum absolute atomic E-state index is 0.0458. The molecular formula is C13H17BrClN3O. The predicted octanol–water partition coefficient (Wildman–Crippen LogP) is 4.17. The van der Waals surface area contributed by atoms with E-state index in [2.05, 4.69) is 47.1 Å². The summed E-state index contributed by atoms with van der Waals surface area (Å²) in [6.07, 6.45) is 3.35. The van der Waals surface area contributed by atoms with Crippen LogP contribution >= 0.6 is 27.5 Å². The van der Waals surface area contributed by atoms with Gasteiger partial charge in [0.25, 0.3) is 0 Å². The van der Waals surface area contributed by atoms with Crippen LogP contribution in [0.5, 0.6) is 0 Å². The lowest BCUT2D eigenvalue weighted by Crippen LogP contribution is -2.25. The summed E-state index contributed by atoms with van der Waals surface area (Å²) in [4.78, 5) is 0. The summed E-state index contributed by atoms with van der Waals surface area (Å²) in [6, 6.07) is 2.13. The zero-order chi connectivity index (χ0) is 14.0. The van der Waals surface area contributed by atoms with E-state index in [4.69, 9.17) is 16.0 Å². The molecule has 0 saturated heterocycles. The van der Waals surface area contributed by atoms with Crippen LogP contribution in [0.1, 0.15) is 44.1 Å². The lowest BCUT2D eigenvalue weighted by molar-refractivity contribution is 0.470. The zero-order valence-electron chi connectivity index (χ0n) is 11.2. The second-order valence-electron chi connectivity index (χ2n) is 4.56. The predicted molar refractivity (Wildman–Crippen MR) is 79.5 cm³/mol. The second-order valence-corrected chi connectivity index (χ2v) is 5.68. The number of hydrogen-bond donors (Lipinski definition) is 1. The highest BCUT2D eigenvalue weighted by Crippen LogP contribution is 2.34. The molecule has 0 fully saturated rings. The summed E-state index contributed by atoms with van der Waals surface area (Å²) in [7, 11) is 0. The highest BCUT2D eigenvalue weighted by atomic mass is 79.9. The molecule has 0 aliphatic carbocycles. The van der Waals surface area contributed by atoms with Gasteiger partial charge in [-0.1, -0.05) is 18.5 Å². The Bertz CT molecular complexity index is 550. The first kappa shape index (κ1) is 14.6. The van der Waals surface area contributed by atoms with Crippen molar-refractivity contribution < 1.29 is 4.42 Å². The largest absolute Gasteiger partial charge is 0.457 e. The Kier molecular flexibility index (Phi) is 4.71. The summed E-state index contributed by atoms with van der Waals surface area (Å²) in [5.74, 6) is 0. The first-order valence-electron chi connectivity index (χ1n) is 6.25. The van der Waals surface area contributed by atoms with Gasteiger partial charge < -0.3 is 9.73 Å². The summed E-state index contributed by atoms with van der Waals surface area (Å²) in [6.45, 7) is 7.05. The fraction of sp³-hybridized carbons (Fsp3) is 0.462. The van der Waals surface area contributed by atoms with Crippen molar-refractivity contribution in [2.24, 2.45) is 0 Å². The van der Waals surface area contributed by atoms with Crippen LogP contribution in [0.2, 0.25) is 5.02 Å². The maximum atomic E-state index is 6.32. The molecule has 104 valence electrons. The monoisotopic (exact) mass is 345 g/mol. The maximum absolute atomic E-state index is 6.32. The van der Waals surface area contributed by atoms with Gasteiger partial charge in [0.2, 0.25) is 0 Å². The Balaban J connectivity index is 2.51. The van der Waals surface area contributed by atoms with Crippen molar-refractivity contribution in [1.29, 1.82) is 0 Å². The maximum Gasteiger partial charge on any atom is 0.174 e. The fourth-order valence-electron chi connectivity index (χ4n) is 2.10. The Morgan fingerprint density at radius 3 is 2.79 bits per heavy atom. The van der Waals surface area contributed by atoms with Gasteiger partial charge in [-0.15, -0.1) is 0 Å². The first-order valence-corrected chi connectivity index (χ1v) is 7.42. The normalized spacial score (nSPS) is 13.2. The fourth-order valence-corrected chi connectivity index (χ4v) is 2.81. The van der Waals surface area contributed by atoms with Gasteiger partial charge in [0.15, 0.2) is 4.67 Å². The SMILES string of the molecule is CCNC(c1ccoc1Br)c1c(Cl)cnn1C(C)C. The van der Waals surface area contributed by atoms with E-state index in [0.717, 1.165) is 17.8 Å². The van der Waals surface area contributed by atoms with Gasteiger partial charge in [-0.2, -0.15) is 5.10 Å². The molecule has 2 rings (SSSR count). The third kappa shape index (κ3) is 2.88. The van der Waals surface area contributed by atoms with Gasteiger partial charge in [0.05, 0.1) is 29.2 Å². The molecule has 2 aromatic rings. The van der Waals surface area contributed by atoms with Crippen LogP contribution in [0.4, 0.5) is 0 Å². The molecule has 1 N–H and O–H groups in total. The Morgan fingerprint density at radius 1 is 1.53 bits per heavy atom. The molecule has 0 aliphatic rings. The first-order chi connectivity index (χ1) is 9.06. The number of furan rings is 1. The van der Waals surface area contributed by atoms with Crippen LogP contribution in [-0.2, 0) is 0 Å². The van der Waals surface area contributed by atoms with Crippen molar-refractivity contribution in [3.63, 3.8) is 0 Å². The van der Waals surface area contributed by atoms with E-state index in [1.165, 1.54) is 0 Å². The van der Waals surface area contributed by atoms with Gasteiger partial charge in [0, 0.05) is 11.6 Å². The van der Waals surface area contributed by atoms with E-state index in [-0.39, 0.29) is 12.1 Å². The molecule has 0 bridgehead atoms. The van der Waals surface area contributed by atoms with Gasteiger partial charge in [-0.25, -0.2) is 0 Å². The Morgan fingerprint density at radius 2 is 2.26 bits per heavy atom. The standard InChI is InChI=1S/C13H17BrClN3O/c1-4-16-11(9-5-6-19-13(9)14)12-10(15)7-17-18(12)8(2)3/h5-8,11,16H,4H2,1-3H3. The average molecular weight is 347 g/mol. The highest BCUT2D eigenvalue weighted by Gasteiger charge is 2.25. The molecule has 0 amide bonds. The molecule has 2 aromatic heterocycles. The van der Waals surface area contributed by atoms with Crippen LogP contribution in [0.3, 0.4) is 0 Å². The molecule has 0 radical (unpaired) electrons. The smallest absolute Gasteiger partial charge is 0.174 e. The molecular weight excluding hydrogens is 330 g/mol. The molecule has 1 atom stereocenters. The van der Waals surface area contributed by atoms with Crippen LogP contribution < -0.4 is 5.32 Å². The zero-order valence-corrected chi connectivity index (χ0v) is 13.5. The molecule has 0 spiro atoms. The number of nitrogens with zero attached hydrogens (tertiary/aromatic N) is 2. The highest BCUT2D eigenvalue weighted by molar-refractivity contribution is 9.10. The minimum Gasteiger partial charge on any atom is -0.457 e. The van der Waals surface area contributed by atoms with Gasteiger partial charge in [-0.05, 0) is 42.4 Å². The lowest BCUT2D eigenvalue weighted by Gasteiger charge is -2.21. The van der Waals surface area contributed by atoms with Crippen molar-refractivity contribution in [2.75, 3.05) is 6.54 Å². The molecule has 6 heteroatoms. The average Bonchev–Trinajstić information content (AvgIpc) is 2.93. The van der Waals surface area contributed by atoms with Crippen molar-refractivity contribution >= 4 is 27.5 Å². The molecule has 0 aromatic carbocycles. The third-order valence-electron chi connectivity index (χ3n) is 2.91. The summed E-state index contributed by atoms with van der Waals surface area (Å²) in [5, 5.41) is 8.45.